The summed E-state index contributed by atoms with van der Waals surface area (Å²) in [6.07, 6.45) is 0. The minimum atomic E-state index is -3.70. The third-order valence-corrected chi connectivity index (χ3v) is 6.63. The van der Waals surface area contributed by atoms with Crippen LogP contribution in [-0.2, 0) is 13.5 Å². The summed E-state index contributed by atoms with van der Waals surface area (Å²) in [5, 5.41) is 5.12. The summed E-state index contributed by atoms with van der Waals surface area (Å²) in [5.74, 6) is 0. The Balaban J connectivity index is 3.44. The first-order chi connectivity index (χ1) is 6.79. The SMILES string of the molecule is C[C](C)([SnH2][OH])c1ccccc1S(N)(=O)=O. The molecule has 3 N–H and O–H groups in total. The first-order valence-corrected chi connectivity index (χ1v) is 9.89. The van der Waals surface area contributed by atoms with Crippen molar-refractivity contribution in [2.24, 2.45) is 5.14 Å². The van der Waals surface area contributed by atoms with Crippen LogP contribution in [0.25, 0.3) is 0 Å². The Labute approximate surface area is 100 Å². The molecule has 4 nitrogen and oxygen atoms in total. The molecular formula is C9H15NO3SSn. The molecule has 0 saturated carbocycles. The van der Waals surface area contributed by atoms with Gasteiger partial charge < -0.3 is 0 Å². The normalized spacial score (nSPS) is 13.6. The number of hydrogen-bond acceptors (Lipinski definition) is 3. The quantitative estimate of drug-likeness (QED) is 0.741. The molecule has 0 fully saturated rings. The van der Waals surface area contributed by atoms with Gasteiger partial charge >= 0.3 is 101 Å². The maximum absolute atomic E-state index is 11.3. The minimum absolute atomic E-state index is 0.126. The summed E-state index contributed by atoms with van der Waals surface area (Å²) in [6, 6.07) is 6.58. The molecule has 0 aliphatic rings. The van der Waals surface area contributed by atoms with Crippen LogP contribution >= 0.6 is 0 Å². The summed E-state index contributed by atoms with van der Waals surface area (Å²) in [4.78, 5) is 0.126. The fourth-order valence-corrected chi connectivity index (χ4v) is 4.01. The van der Waals surface area contributed by atoms with Gasteiger partial charge in [0.2, 0.25) is 0 Å². The number of nitrogens with two attached hydrogens (primary N) is 1. The Bertz CT molecular complexity index is 456. The van der Waals surface area contributed by atoms with E-state index in [1.165, 1.54) is 6.07 Å². The van der Waals surface area contributed by atoms with Gasteiger partial charge in [-0.3, -0.25) is 0 Å². The second-order valence-corrected chi connectivity index (χ2v) is 11.6. The van der Waals surface area contributed by atoms with Gasteiger partial charge in [0.1, 0.15) is 0 Å². The Morgan fingerprint density at radius 3 is 2.33 bits per heavy atom. The van der Waals surface area contributed by atoms with Crippen molar-refractivity contribution >= 4 is 31.6 Å². The molecule has 0 bridgehead atoms. The average molecular weight is 336 g/mol. The van der Waals surface area contributed by atoms with E-state index in [1.54, 1.807) is 18.2 Å². The van der Waals surface area contributed by atoms with E-state index in [2.05, 4.69) is 0 Å². The fourth-order valence-electron chi connectivity index (χ4n) is 1.36. The van der Waals surface area contributed by atoms with Gasteiger partial charge in [0, 0.05) is 0 Å². The molecule has 84 valence electrons. The molecule has 1 rings (SSSR count). The van der Waals surface area contributed by atoms with Crippen molar-refractivity contribution in [3.63, 3.8) is 0 Å². The van der Waals surface area contributed by atoms with Crippen LogP contribution < -0.4 is 5.14 Å². The third-order valence-electron chi connectivity index (χ3n) is 2.32. The predicted molar refractivity (Wildman–Crippen MR) is 61.6 cm³/mol. The molecule has 1 aromatic rings. The first-order valence-electron chi connectivity index (χ1n) is 4.52. The van der Waals surface area contributed by atoms with Crippen molar-refractivity contribution in [1.82, 2.24) is 0 Å². The third kappa shape index (κ3) is 2.93. The van der Waals surface area contributed by atoms with E-state index in [9.17, 15) is 11.9 Å². The zero-order valence-electron chi connectivity index (χ0n) is 8.77. The molecule has 0 aromatic heterocycles. The van der Waals surface area contributed by atoms with Crippen LogP contribution in [0.1, 0.15) is 19.4 Å². The van der Waals surface area contributed by atoms with E-state index in [-0.39, 0.29) is 4.90 Å². The molecule has 0 saturated heterocycles. The molecule has 0 spiro atoms. The van der Waals surface area contributed by atoms with Crippen LogP contribution in [0.15, 0.2) is 29.2 Å². The van der Waals surface area contributed by atoms with Crippen LogP contribution in [0.4, 0.5) is 0 Å². The number of benzene rings is 1. The van der Waals surface area contributed by atoms with Crippen molar-refractivity contribution in [3.05, 3.63) is 29.8 Å². The molecule has 0 aliphatic heterocycles. The molecule has 6 heteroatoms. The first kappa shape index (κ1) is 13.0. The van der Waals surface area contributed by atoms with Crippen LogP contribution in [0.3, 0.4) is 0 Å². The summed E-state index contributed by atoms with van der Waals surface area (Å²) in [5.41, 5.74) is 0.630. The number of rotatable bonds is 3. The van der Waals surface area contributed by atoms with E-state index < -0.39 is 35.0 Å². The summed E-state index contributed by atoms with van der Waals surface area (Å²) in [6.45, 7) is 3.71. The maximum atomic E-state index is 11.3. The van der Waals surface area contributed by atoms with Gasteiger partial charge in [0.25, 0.3) is 0 Å². The van der Waals surface area contributed by atoms with E-state index >= 15 is 0 Å². The van der Waals surface area contributed by atoms with Gasteiger partial charge in [0.05, 0.1) is 0 Å². The topological polar surface area (TPSA) is 80.4 Å². The second-order valence-electron chi connectivity index (χ2n) is 4.08. The van der Waals surface area contributed by atoms with Crippen molar-refractivity contribution in [2.75, 3.05) is 0 Å². The van der Waals surface area contributed by atoms with E-state index in [4.69, 9.17) is 5.14 Å². The average Bonchev–Trinajstić information content (AvgIpc) is 2.16. The van der Waals surface area contributed by atoms with E-state index in [1.807, 2.05) is 13.8 Å². The number of sulfonamides is 1. The monoisotopic (exact) mass is 337 g/mol. The standard InChI is InChI=1S/C9H12NO2S.H2O.Sn.2H/c1-7(2)8-5-3-4-6-9(8)13(10,11)12;;;;/h3-6H,1-2H3,(H2,10,11,12);1H2;;;/q;;+1;;/p-1. The van der Waals surface area contributed by atoms with Crippen molar-refractivity contribution < 1.29 is 11.9 Å². The van der Waals surface area contributed by atoms with E-state index in [0.717, 1.165) is 0 Å². The molecule has 0 unspecified atom stereocenters. The van der Waals surface area contributed by atoms with Gasteiger partial charge in [-0.05, 0) is 0 Å². The van der Waals surface area contributed by atoms with Gasteiger partial charge in [0.15, 0.2) is 0 Å². The van der Waals surface area contributed by atoms with Crippen LogP contribution in [0.5, 0.6) is 0 Å². The molecule has 15 heavy (non-hydrogen) atoms. The van der Waals surface area contributed by atoms with Gasteiger partial charge in [-0.25, -0.2) is 0 Å². The zero-order chi connectivity index (χ0) is 11.7. The zero-order valence-corrected chi connectivity index (χ0v) is 13.6. The van der Waals surface area contributed by atoms with Gasteiger partial charge in [-0.1, -0.05) is 0 Å². The molecule has 0 atom stereocenters. The van der Waals surface area contributed by atoms with Gasteiger partial charge in [-0.2, -0.15) is 0 Å². The summed E-state index contributed by atoms with van der Waals surface area (Å²) in [7, 11) is -3.70. The molecule has 0 radical (unpaired) electrons. The predicted octanol–water partition coefficient (Wildman–Crippen LogP) is -0.355. The van der Waals surface area contributed by atoms with Crippen molar-refractivity contribution in [2.45, 2.75) is 22.2 Å². The Morgan fingerprint density at radius 1 is 1.33 bits per heavy atom. The Hall–Kier alpha value is -0.111. The molecule has 0 aliphatic carbocycles. The summed E-state index contributed by atoms with van der Waals surface area (Å²) >= 11 is -1.98. The van der Waals surface area contributed by atoms with Crippen molar-refractivity contribution in [3.8, 4) is 0 Å². The fraction of sp³-hybridized carbons (Fsp3) is 0.333. The Morgan fingerprint density at radius 2 is 1.87 bits per heavy atom. The molecular weight excluding hydrogens is 321 g/mol. The summed E-state index contributed by atoms with van der Waals surface area (Å²) < 4.78 is 31.7. The van der Waals surface area contributed by atoms with Crippen LogP contribution in [0, 0.1) is 0 Å². The molecule has 0 amide bonds. The second kappa shape index (κ2) is 4.40. The van der Waals surface area contributed by atoms with Crippen LogP contribution in [-0.4, -0.2) is 33.4 Å². The Kier molecular flexibility index (Phi) is 3.80. The molecule has 1 aromatic carbocycles. The van der Waals surface area contributed by atoms with Crippen molar-refractivity contribution in [1.29, 1.82) is 0 Å². The molecule has 0 heterocycles. The van der Waals surface area contributed by atoms with E-state index in [0.29, 0.717) is 5.56 Å². The van der Waals surface area contributed by atoms with Crippen LogP contribution in [0.2, 0.25) is 0 Å². The number of hydrogen-bond donors (Lipinski definition) is 2. The number of primary sulfonamides is 1. The van der Waals surface area contributed by atoms with Gasteiger partial charge in [-0.15, -0.1) is 0 Å².